The molecule has 2 atom stereocenters. The number of β-lactam (4-membered cyclic amide) rings is 1. The number of aromatic nitrogens is 5. The van der Waals surface area contributed by atoms with Gasteiger partial charge in [0.25, 0.3) is 11.8 Å². The largest absolute Gasteiger partial charge is 0.532 e. The fraction of sp³-hybridized carbons (Fsp3) is 0.333. The summed E-state index contributed by atoms with van der Waals surface area (Å²) in [5, 5.41) is 29.7. The number of carboxylic acid groups (broad SMARTS) is 1. The van der Waals surface area contributed by atoms with Gasteiger partial charge < -0.3 is 16.2 Å². The van der Waals surface area contributed by atoms with Crippen molar-refractivity contribution in [1.29, 1.82) is 0 Å². The van der Waals surface area contributed by atoms with Gasteiger partial charge in [0.2, 0.25) is 5.82 Å². The number of nitrogen functional groups attached to an aromatic ring is 1. The topological polar surface area (TPSA) is 202 Å². The second kappa shape index (κ2) is 8.31. The van der Waals surface area contributed by atoms with Crippen molar-refractivity contribution < 1.29 is 24.3 Å². The molecule has 0 unspecified atom stereocenters. The van der Waals surface area contributed by atoms with E-state index >= 15 is 0 Å². The van der Waals surface area contributed by atoms with Crippen LogP contribution in [0.4, 0.5) is 9.93 Å². The third kappa shape index (κ3) is 3.81. The lowest BCUT2D eigenvalue weighted by molar-refractivity contribution is -0.142. The Morgan fingerprint density at radius 2 is 2.32 bits per heavy atom. The average molecular weight is 465 g/mol. The molecule has 0 aliphatic carbocycles. The Hall–Kier alpha value is -3.53. The molecule has 4 rings (SSSR count). The number of nitrogens with one attached hydrogen (secondary N) is 2. The van der Waals surface area contributed by atoms with E-state index < -0.39 is 29.2 Å². The molecule has 0 aromatic carbocycles. The Balaban J connectivity index is 1.56. The second-order valence-corrected chi connectivity index (χ2v) is 8.26. The van der Waals surface area contributed by atoms with E-state index in [-0.39, 0.29) is 16.7 Å². The van der Waals surface area contributed by atoms with Crippen LogP contribution in [0.25, 0.3) is 5.70 Å². The zero-order valence-electron chi connectivity index (χ0n) is 15.8. The number of amides is 2. The summed E-state index contributed by atoms with van der Waals surface area (Å²) < 4.78 is 0. The number of carbonyl (C=O) groups excluding carboxylic acids is 2. The summed E-state index contributed by atoms with van der Waals surface area (Å²) in [6.07, 6.45) is -1.01. The third-order valence-electron chi connectivity index (χ3n) is 4.51. The normalized spacial score (nSPS) is 20.9. The van der Waals surface area contributed by atoms with Gasteiger partial charge in [0.1, 0.15) is 17.1 Å². The Labute approximate surface area is 181 Å². The second-order valence-electron chi connectivity index (χ2n) is 6.27. The highest BCUT2D eigenvalue weighted by Gasteiger charge is 2.53. The highest BCUT2D eigenvalue weighted by Crippen LogP contribution is 2.43. The molecule has 162 valence electrons. The summed E-state index contributed by atoms with van der Waals surface area (Å²) in [6, 6.07) is -0.871. The fourth-order valence-electron chi connectivity index (χ4n) is 3.12. The molecule has 2 aromatic rings. The molecule has 0 saturated carbocycles. The molecule has 16 heteroatoms. The molecule has 2 aliphatic rings. The van der Waals surface area contributed by atoms with E-state index in [1.807, 2.05) is 6.92 Å². The van der Waals surface area contributed by atoms with Gasteiger partial charge in [-0.2, -0.15) is 5.21 Å². The van der Waals surface area contributed by atoms with Crippen LogP contribution in [0.1, 0.15) is 24.9 Å². The SMILES string of the molecule is CCC1=C(c2nn[nH]n2)N2C(=O)[C@@H](NC(=O)/C(=N\OC(=O)O)c3csc(N)n3)[C@H]2SC1. The lowest BCUT2D eigenvalue weighted by Crippen LogP contribution is -2.70. The van der Waals surface area contributed by atoms with Crippen molar-refractivity contribution in [3.8, 4) is 0 Å². The average Bonchev–Trinajstić information content (AvgIpc) is 3.42. The number of H-pyrrole nitrogens is 1. The van der Waals surface area contributed by atoms with Gasteiger partial charge in [-0.3, -0.25) is 19.3 Å². The van der Waals surface area contributed by atoms with E-state index in [1.54, 1.807) is 0 Å². The van der Waals surface area contributed by atoms with Crippen molar-refractivity contribution in [1.82, 2.24) is 35.8 Å². The first-order valence-electron chi connectivity index (χ1n) is 8.81. The molecule has 1 saturated heterocycles. The number of anilines is 1. The van der Waals surface area contributed by atoms with Gasteiger partial charge in [0.05, 0.1) is 5.70 Å². The number of hydrogen-bond acceptors (Lipinski definition) is 12. The molecular weight excluding hydrogens is 450 g/mol. The summed E-state index contributed by atoms with van der Waals surface area (Å²) in [6.45, 7) is 1.96. The summed E-state index contributed by atoms with van der Waals surface area (Å²) in [5.41, 5.74) is 6.76. The van der Waals surface area contributed by atoms with Gasteiger partial charge in [-0.15, -0.1) is 33.3 Å². The summed E-state index contributed by atoms with van der Waals surface area (Å²) in [4.78, 5) is 46.0. The van der Waals surface area contributed by atoms with Gasteiger partial charge in [0.15, 0.2) is 10.8 Å². The number of thiazole rings is 1. The van der Waals surface area contributed by atoms with Crippen molar-refractivity contribution in [3.05, 3.63) is 22.5 Å². The van der Waals surface area contributed by atoms with Crippen LogP contribution in [0.3, 0.4) is 0 Å². The Kier molecular flexibility index (Phi) is 5.55. The number of hydrogen-bond donors (Lipinski definition) is 4. The van der Waals surface area contributed by atoms with E-state index in [1.165, 1.54) is 22.0 Å². The zero-order valence-corrected chi connectivity index (χ0v) is 17.4. The van der Waals surface area contributed by atoms with Crippen molar-refractivity contribution in [3.63, 3.8) is 0 Å². The van der Waals surface area contributed by atoms with Crippen molar-refractivity contribution >= 4 is 57.6 Å². The highest BCUT2D eigenvalue weighted by atomic mass is 32.2. The predicted molar refractivity (Wildman–Crippen MR) is 109 cm³/mol. The number of rotatable bonds is 6. The van der Waals surface area contributed by atoms with Gasteiger partial charge in [-0.25, -0.2) is 9.78 Å². The van der Waals surface area contributed by atoms with E-state index in [0.29, 0.717) is 23.7 Å². The van der Waals surface area contributed by atoms with Crippen LogP contribution in [0.5, 0.6) is 0 Å². The maximum absolute atomic E-state index is 12.9. The van der Waals surface area contributed by atoms with Crippen molar-refractivity contribution in [2.45, 2.75) is 24.8 Å². The van der Waals surface area contributed by atoms with E-state index in [0.717, 1.165) is 16.9 Å². The first-order valence-corrected chi connectivity index (χ1v) is 10.7. The number of carbonyl (C=O) groups is 3. The number of fused-ring (bicyclic) bond motifs is 1. The molecule has 14 nitrogen and oxygen atoms in total. The van der Waals surface area contributed by atoms with Crippen LogP contribution < -0.4 is 11.1 Å². The predicted octanol–water partition coefficient (Wildman–Crippen LogP) is -0.142. The molecule has 31 heavy (non-hydrogen) atoms. The highest BCUT2D eigenvalue weighted by molar-refractivity contribution is 8.00. The molecule has 0 spiro atoms. The smallest absolute Gasteiger partial charge is 0.448 e. The Bertz CT molecular complexity index is 1100. The first-order chi connectivity index (χ1) is 14.9. The Morgan fingerprint density at radius 3 is 2.94 bits per heavy atom. The van der Waals surface area contributed by atoms with E-state index in [4.69, 9.17) is 10.8 Å². The standard InChI is InChI=1S/C15H15N9O5S2/c1-2-5-3-30-13-8(12(26)24(13)9(5)10-19-22-23-20-10)18-11(25)7(21-29-15(27)28)6-4-31-14(16)17-6/h4,8,13H,2-3H2,1H3,(H2,16,17)(H,18,25)(H,27,28)(H,19,20,22,23)/b21-7-/t8-,13-/m1/s1. The van der Waals surface area contributed by atoms with Crippen LogP contribution in [-0.4, -0.2) is 76.5 Å². The van der Waals surface area contributed by atoms with Crippen molar-refractivity contribution in [2.75, 3.05) is 11.5 Å². The minimum atomic E-state index is -1.70. The van der Waals surface area contributed by atoms with Crippen LogP contribution in [0.2, 0.25) is 0 Å². The molecule has 5 N–H and O–H groups in total. The monoisotopic (exact) mass is 465 g/mol. The lowest BCUT2D eigenvalue weighted by atomic mass is 10.0. The summed E-state index contributed by atoms with van der Waals surface area (Å²) >= 11 is 2.52. The lowest BCUT2D eigenvalue weighted by Gasteiger charge is -2.49. The number of nitrogens with two attached hydrogens (primary N) is 1. The van der Waals surface area contributed by atoms with Crippen LogP contribution in [-0.2, 0) is 14.4 Å². The maximum Gasteiger partial charge on any atom is 0.532 e. The molecule has 2 aromatic heterocycles. The molecule has 1 fully saturated rings. The minimum Gasteiger partial charge on any atom is -0.448 e. The molecule has 0 radical (unpaired) electrons. The van der Waals surface area contributed by atoms with Crippen LogP contribution >= 0.6 is 23.1 Å². The van der Waals surface area contributed by atoms with Gasteiger partial charge in [0, 0.05) is 11.1 Å². The molecule has 0 bridgehead atoms. The van der Waals surface area contributed by atoms with Gasteiger partial charge in [-0.05, 0) is 17.2 Å². The quantitative estimate of drug-likeness (QED) is 0.191. The zero-order chi connectivity index (χ0) is 22.1. The number of nitrogens with zero attached hydrogens (tertiary/aromatic N) is 6. The minimum absolute atomic E-state index is 0.0295. The van der Waals surface area contributed by atoms with Crippen molar-refractivity contribution in [2.24, 2.45) is 5.16 Å². The number of aromatic amines is 1. The third-order valence-corrected chi connectivity index (χ3v) is 6.53. The van der Waals surface area contributed by atoms with E-state index in [2.05, 4.69) is 40.9 Å². The molecule has 4 heterocycles. The van der Waals surface area contributed by atoms with Gasteiger partial charge in [-0.1, -0.05) is 12.1 Å². The summed E-state index contributed by atoms with van der Waals surface area (Å²) in [5.74, 6) is -0.271. The maximum atomic E-state index is 12.9. The number of tetrazole rings is 1. The number of oxime groups is 1. The fourth-order valence-corrected chi connectivity index (χ4v) is 5.12. The Morgan fingerprint density at radius 1 is 1.52 bits per heavy atom. The van der Waals surface area contributed by atoms with Crippen LogP contribution in [0.15, 0.2) is 16.1 Å². The molecule has 2 aliphatic heterocycles. The number of thioether (sulfide) groups is 1. The molecular formula is C15H15N9O5S2. The van der Waals surface area contributed by atoms with E-state index in [9.17, 15) is 14.4 Å². The van der Waals surface area contributed by atoms with Crippen LogP contribution in [0, 0.1) is 0 Å². The first kappa shape index (κ1) is 20.7. The van der Waals surface area contributed by atoms with Gasteiger partial charge >= 0.3 is 6.16 Å². The summed E-state index contributed by atoms with van der Waals surface area (Å²) in [7, 11) is 0. The molecule has 2 amide bonds.